The summed E-state index contributed by atoms with van der Waals surface area (Å²) in [5.74, 6) is 0.423. The molecule has 3 rings (SSSR count). The average Bonchev–Trinajstić information content (AvgIpc) is 3.09. The average molecular weight is 406 g/mol. The summed E-state index contributed by atoms with van der Waals surface area (Å²) < 4.78 is 14.8. The first-order valence-corrected chi connectivity index (χ1v) is 9.89. The maximum absolute atomic E-state index is 13.9. The highest BCUT2D eigenvalue weighted by atomic mass is 35.5. The third-order valence-electron chi connectivity index (χ3n) is 4.50. The standard InChI is InChI=1S/C19H21ClFN5S/c1-23-19(24-12-15-10-14(11-22)2-4-17(15)21)26-8-6-25(7-9-26)13-16-3-5-18(20)27-16/h2-5,10H,6-9,12-13H2,1H3,(H,23,24). The highest BCUT2D eigenvalue weighted by Crippen LogP contribution is 2.23. The van der Waals surface area contributed by atoms with E-state index in [4.69, 9.17) is 16.9 Å². The van der Waals surface area contributed by atoms with Crippen molar-refractivity contribution in [2.24, 2.45) is 4.99 Å². The molecule has 0 amide bonds. The Balaban J connectivity index is 1.53. The minimum Gasteiger partial charge on any atom is -0.352 e. The number of guanidine groups is 1. The van der Waals surface area contributed by atoms with Crippen molar-refractivity contribution in [3.05, 3.63) is 56.5 Å². The van der Waals surface area contributed by atoms with Gasteiger partial charge in [-0.05, 0) is 30.3 Å². The van der Waals surface area contributed by atoms with Gasteiger partial charge in [0.2, 0.25) is 0 Å². The van der Waals surface area contributed by atoms with Crippen LogP contribution < -0.4 is 5.32 Å². The summed E-state index contributed by atoms with van der Waals surface area (Å²) >= 11 is 7.62. The fourth-order valence-electron chi connectivity index (χ4n) is 3.06. The maximum Gasteiger partial charge on any atom is 0.194 e. The quantitative estimate of drug-likeness (QED) is 0.626. The molecule has 2 heterocycles. The molecule has 1 N–H and O–H groups in total. The van der Waals surface area contributed by atoms with Gasteiger partial charge in [-0.3, -0.25) is 9.89 Å². The number of halogens is 2. The number of aliphatic imine (C=N–C) groups is 1. The van der Waals surface area contributed by atoms with Crippen LogP contribution in [-0.2, 0) is 13.1 Å². The number of nitrogens with one attached hydrogen (secondary N) is 1. The summed E-state index contributed by atoms with van der Waals surface area (Å²) in [6.07, 6.45) is 0. The van der Waals surface area contributed by atoms with Crippen molar-refractivity contribution in [3.8, 4) is 6.07 Å². The molecule has 0 radical (unpaired) electrons. The lowest BCUT2D eigenvalue weighted by Crippen LogP contribution is -2.52. The van der Waals surface area contributed by atoms with Gasteiger partial charge in [-0.25, -0.2) is 4.39 Å². The molecule has 8 heteroatoms. The smallest absolute Gasteiger partial charge is 0.194 e. The second-order valence-corrected chi connectivity index (χ2v) is 8.09. The molecule has 0 atom stereocenters. The van der Waals surface area contributed by atoms with Crippen LogP contribution in [0.15, 0.2) is 35.3 Å². The number of benzene rings is 1. The van der Waals surface area contributed by atoms with Gasteiger partial charge in [0.05, 0.1) is 16.0 Å². The Kier molecular flexibility index (Phi) is 6.67. The van der Waals surface area contributed by atoms with Crippen molar-refractivity contribution in [2.45, 2.75) is 13.1 Å². The third kappa shape index (κ3) is 5.19. The SMILES string of the molecule is CN=C(NCc1cc(C#N)ccc1F)N1CCN(Cc2ccc(Cl)s2)CC1. The van der Waals surface area contributed by atoms with Crippen molar-refractivity contribution < 1.29 is 4.39 Å². The van der Waals surface area contributed by atoms with E-state index in [1.54, 1.807) is 24.5 Å². The lowest BCUT2D eigenvalue weighted by molar-refractivity contribution is 0.173. The Morgan fingerprint density at radius 2 is 2.07 bits per heavy atom. The summed E-state index contributed by atoms with van der Waals surface area (Å²) in [6, 6.07) is 10.4. The van der Waals surface area contributed by atoms with Crippen LogP contribution in [0.25, 0.3) is 0 Å². The van der Waals surface area contributed by atoms with Crippen molar-refractivity contribution >= 4 is 28.9 Å². The Labute approximate surface area is 167 Å². The summed E-state index contributed by atoms with van der Waals surface area (Å²) in [5, 5.41) is 12.2. The predicted molar refractivity (Wildman–Crippen MR) is 107 cm³/mol. The number of nitrogens with zero attached hydrogens (tertiary/aromatic N) is 4. The van der Waals surface area contributed by atoms with Gasteiger partial charge in [0, 0.05) is 56.8 Å². The molecule has 1 aromatic heterocycles. The molecule has 2 aromatic rings. The fraction of sp³-hybridized carbons (Fsp3) is 0.368. The van der Waals surface area contributed by atoms with Gasteiger partial charge in [0.25, 0.3) is 0 Å². The number of hydrogen-bond donors (Lipinski definition) is 1. The van der Waals surface area contributed by atoms with E-state index in [-0.39, 0.29) is 5.82 Å². The minimum atomic E-state index is -0.323. The molecular weight excluding hydrogens is 385 g/mol. The molecule has 0 bridgehead atoms. The first kappa shape index (κ1) is 19.6. The van der Waals surface area contributed by atoms with Crippen LogP contribution in [0.3, 0.4) is 0 Å². The highest BCUT2D eigenvalue weighted by Gasteiger charge is 2.20. The molecule has 0 saturated carbocycles. The summed E-state index contributed by atoms with van der Waals surface area (Å²) in [5.41, 5.74) is 0.911. The summed E-state index contributed by atoms with van der Waals surface area (Å²) in [6.45, 7) is 4.74. The Bertz CT molecular complexity index is 852. The van der Waals surface area contributed by atoms with E-state index in [1.165, 1.54) is 17.0 Å². The molecule has 1 aromatic carbocycles. The molecule has 142 valence electrons. The molecule has 1 fully saturated rings. The lowest BCUT2D eigenvalue weighted by atomic mass is 10.1. The number of nitriles is 1. The molecule has 1 aliphatic rings. The van der Waals surface area contributed by atoms with Gasteiger partial charge in [-0.1, -0.05) is 11.6 Å². The van der Waals surface area contributed by atoms with E-state index in [0.29, 0.717) is 17.7 Å². The molecule has 0 aliphatic carbocycles. The topological polar surface area (TPSA) is 54.7 Å². The number of thiophene rings is 1. The number of hydrogen-bond acceptors (Lipinski definition) is 4. The van der Waals surface area contributed by atoms with Crippen LogP contribution in [0.1, 0.15) is 16.0 Å². The molecular formula is C19H21ClFN5S. The van der Waals surface area contributed by atoms with E-state index in [2.05, 4.69) is 26.2 Å². The lowest BCUT2D eigenvalue weighted by Gasteiger charge is -2.36. The molecule has 0 unspecified atom stereocenters. The van der Waals surface area contributed by atoms with Crippen molar-refractivity contribution in [3.63, 3.8) is 0 Å². The van der Waals surface area contributed by atoms with Gasteiger partial charge in [0.15, 0.2) is 5.96 Å². The predicted octanol–water partition coefficient (Wildman–Crippen LogP) is 3.31. The molecule has 1 saturated heterocycles. The highest BCUT2D eigenvalue weighted by molar-refractivity contribution is 7.16. The first-order chi connectivity index (χ1) is 13.1. The minimum absolute atomic E-state index is 0.294. The van der Waals surface area contributed by atoms with Crippen molar-refractivity contribution in [1.29, 1.82) is 5.26 Å². The van der Waals surface area contributed by atoms with Gasteiger partial charge >= 0.3 is 0 Å². The maximum atomic E-state index is 13.9. The van der Waals surface area contributed by atoms with E-state index < -0.39 is 0 Å². The monoisotopic (exact) mass is 405 g/mol. The molecule has 1 aliphatic heterocycles. The first-order valence-electron chi connectivity index (χ1n) is 8.69. The largest absolute Gasteiger partial charge is 0.352 e. The van der Waals surface area contributed by atoms with Gasteiger partial charge in [-0.2, -0.15) is 5.26 Å². The van der Waals surface area contributed by atoms with Crippen LogP contribution >= 0.6 is 22.9 Å². The zero-order valence-corrected chi connectivity index (χ0v) is 16.7. The summed E-state index contributed by atoms with van der Waals surface area (Å²) in [4.78, 5) is 10.2. The Morgan fingerprint density at radius 3 is 2.70 bits per heavy atom. The Morgan fingerprint density at radius 1 is 1.30 bits per heavy atom. The van der Waals surface area contributed by atoms with Gasteiger partial charge in [-0.15, -0.1) is 11.3 Å². The van der Waals surface area contributed by atoms with E-state index in [0.717, 1.165) is 43.0 Å². The van der Waals surface area contributed by atoms with Crippen LogP contribution in [0.2, 0.25) is 4.34 Å². The Hall–Kier alpha value is -2.14. The fourth-order valence-corrected chi connectivity index (χ4v) is 4.19. The summed E-state index contributed by atoms with van der Waals surface area (Å²) in [7, 11) is 1.73. The third-order valence-corrected chi connectivity index (χ3v) is 5.72. The molecule has 27 heavy (non-hydrogen) atoms. The van der Waals surface area contributed by atoms with Crippen LogP contribution in [0, 0.1) is 17.1 Å². The second kappa shape index (κ2) is 9.18. The number of piperazine rings is 1. The number of rotatable bonds is 4. The van der Waals surface area contributed by atoms with E-state index in [9.17, 15) is 4.39 Å². The zero-order chi connectivity index (χ0) is 19.2. The van der Waals surface area contributed by atoms with Crippen molar-refractivity contribution in [1.82, 2.24) is 15.1 Å². The van der Waals surface area contributed by atoms with Crippen LogP contribution in [0.5, 0.6) is 0 Å². The molecule has 5 nitrogen and oxygen atoms in total. The van der Waals surface area contributed by atoms with Gasteiger partial charge in [0.1, 0.15) is 5.82 Å². The van der Waals surface area contributed by atoms with Gasteiger partial charge < -0.3 is 10.2 Å². The normalized spacial score (nSPS) is 15.6. The zero-order valence-electron chi connectivity index (χ0n) is 15.1. The molecule has 0 spiro atoms. The van der Waals surface area contributed by atoms with Crippen LogP contribution in [-0.4, -0.2) is 49.0 Å². The van der Waals surface area contributed by atoms with E-state index in [1.807, 2.05) is 12.1 Å². The second-order valence-electron chi connectivity index (χ2n) is 6.29. The van der Waals surface area contributed by atoms with Crippen molar-refractivity contribution in [2.75, 3.05) is 33.2 Å². The van der Waals surface area contributed by atoms with E-state index >= 15 is 0 Å². The van der Waals surface area contributed by atoms with Crippen LogP contribution in [0.4, 0.5) is 4.39 Å².